The van der Waals surface area contributed by atoms with E-state index in [1.165, 1.54) is 4.90 Å². The third-order valence-electron chi connectivity index (χ3n) is 5.93. The predicted octanol–water partition coefficient (Wildman–Crippen LogP) is 3.65. The van der Waals surface area contributed by atoms with Crippen molar-refractivity contribution < 1.29 is 33.8 Å². The second kappa shape index (κ2) is 14.3. The van der Waals surface area contributed by atoms with Crippen LogP contribution in [0, 0.1) is 6.92 Å². The number of nitrogens with one attached hydrogen (secondary N) is 2. The predicted molar refractivity (Wildman–Crippen MR) is 148 cm³/mol. The molecule has 38 heavy (non-hydrogen) atoms. The molecule has 0 heterocycles. The molecule has 1 rings (SSSR count). The van der Waals surface area contributed by atoms with Crippen LogP contribution in [0.1, 0.15) is 78.5 Å². The number of para-hydroxylation sites is 1. The molecule has 2 atom stereocenters. The molecule has 0 spiro atoms. The highest BCUT2D eigenvalue weighted by atomic mass is 32.1. The standard InChI is InChI=1S/C27H43N3O7S/c1-9-27(7,8)30(24(34)19(16-38)29-25(35)37-26(4,5)6)21(18-13-11-12-17(3)22(18)32)23(33)28-15-14-20(31)36-10-2/h11-13,19,21,32,38H,9-10,14-16H2,1-8H3,(H,28,33)(H,29,35). The Morgan fingerprint density at radius 1 is 1.11 bits per heavy atom. The molecule has 0 saturated heterocycles. The fourth-order valence-electron chi connectivity index (χ4n) is 3.67. The van der Waals surface area contributed by atoms with Crippen LogP contribution in [0.25, 0.3) is 0 Å². The van der Waals surface area contributed by atoms with Gasteiger partial charge in [0.2, 0.25) is 11.8 Å². The van der Waals surface area contributed by atoms with Crippen molar-refractivity contribution >= 4 is 36.5 Å². The number of aryl methyl sites for hydroxylation is 1. The van der Waals surface area contributed by atoms with Crippen LogP contribution in [0.15, 0.2) is 18.2 Å². The quantitative estimate of drug-likeness (QED) is 0.229. The van der Waals surface area contributed by atoms with Gasteiger partial charge in [0.15, 0.2) is 0 Å². The van der Waals surface area contributed by atoms with Crippen LogP contribution >= 0.6 is 12.6 Å². The smallest absolute Gasteiger partial charge is 0.408 e. The van der Waals surface area contributed by atoms with Crippen LogP contribution in [0.4, 0.5) is 4.79 Å². The van der Waals surface area contributed by atoms with Gasteiger partial charge in [-0.15, -0.1) is 0 Å². The molecular weight excluding hydrogens is 510 g/mol. The number of thiol groups is 1. The van der Waals surface area contributed by atoms with Gasteiger partial charge in [0, 0.05) is 23.4 Å². The van der Waals surface area contributed by atoms with Gasteiger partial charge < -0.3 is 30.1 Å². The molecule has 0 radical (unpaired) electrons. The lowest BCUT2D eigenvalue weighted by molar-refractivity contribution is -0.149. The van der Waals surface area contributed by atoms with Crippen LogP contribution in [-0.2, 0) is 23.9 Å². The number of ether oxygens (including phenoxy) is 2. The first-order valence-electron chi connectivity index (χ1n) is 12.7. The van der Waals surface area contributed by atoms with E-state index in [0.717, 1.165) is 0 Å². The van der Waals surface area contributed by atoms with Gasteiger partial charge >= 0.3 is 12.1 Å². The molecule has 1 aromatic carbocycles. The first-order chi connectivity index (χ1) is 17.6. The third kappa shape index (κ3) is 9.41. The van der Waals surface area contributed by atoms with Crippen molar-refractivity contribution in [3.8, 4) is 5.75 Å². The molecule has 0 aliphatic heterocycles. The number of carbonyl (C=O) groups excluding carboxylic acids is 4. The van der Waals surface area contributed by atoms with Crippen molar-refractivity contribution in [2.24, 2.45) is 0 Å². The topological polar surface area (TPSA) is 134 Å². The van der Waals surface area contributed by atoms with Gasteiger partial charge in [-0.2, -0.15) is 12.6 Å². The minimum atomic E-state index is -1.28. The summed E-state index contributed by atoms with van der Waals surface area (Å²) in [6.07, 6.45) is -0.409. The third-order valence-corrected chi connectivity index (χ3v) is 6.30. The van der Waals surface area contributed by atoms with E-state index in [0.29, 0.717) is 12.0 Å². The molecule has 214 valence electrons. The molecule has 10 nitrogen and oxygen atoms in total. The highest BCUT2D eigenvalue weighted by Gasteiger charge is 2.43. The maximum Gasteiger partial charge on any atom is 0.408 e. The number of alkyl carbamates (subject to hydrolysis) is 1. The summed E-state index contributed by atoms with van der Waals surface area (Å²) >= 11 is 4.28. The zero-order valence-electron chi connectivity index (χ0n) is 23.7. The minimum Gasteiger partial charge on any atom is -0.507 e. The van der Waals surface area contributed by atoms with Crippen molar-refractivity contribution in [3.63, 3.8) is 0 Å². The molecule has 0 bridgehead atoms. The molecule has 3 amide bonds. The van der Waals surface area contributed by atoms with E-state index in [4.69, 9.17) is 9.47 Å². The SMILES string of the molecule is CCOC(=O)CCNC(=O)C(c1cccc(C)c1O)N(C(=O)C(CS)NC(=O)OC(C)(C)C)C(C)(C)CC. The van der Waals surface area contributed by atoms with Crippen molar-refractivity contribution in [2.45, 2.75) is 91.5 Å². The minimum absolute atomic E-state index is 0.0263. The van der Waals surface area contributed by atoms with Gasteiger partial charge in [0.1, 0.15) is 23.4 Å². The van der Waals surface area contributed by atoms with E-state index in [2.05, 4.69) is 23.3 Å². The summed E-state index contributed by atoms with van der Waals surface area (Å²) in [6.45, 7) is 14.1. The molecular formula is C27H43N3O7S. The number of rotatable bonds is 12. The van der Waals surface area contributed by atoms with E-state index in [1.54, 1.807) is 66.7 Å². The van der Waals surface area contributed by atoms with Crippen LogP contribution in [-0.4, -0.2) is 70.0 Å². The Hall–Kier alpha value is -2.95. The van der Waals surface area contributed by atoms with Gasteiger partial charge in [-0.1, -0.05) is 25.1 Å². The molecule has 1 aromatic rings. The van der Waals surface area contributed by atoms with Crippen LogP contribution < -0.4 is 10.6 Å². The molecule has 0 aliphatic carbocycles. The first kappa shape index (κ1) is 33.1. The highest BCUT2D eigenvalue weighted by molar-refractivity contribution is 7.80. The van der Waals surface area contributed by atoms with Crippen molar-refractivity contribution in [3.05, 3.63) is 29.3 Å². The molecule has 0 saturated carbocycles. The lowest BCUT2D eigenvalue weighted by Gasteiger charge is -2.44. The Labute approximate surface area is 231 Å². The Balaban J connectivity index is 3.54. The molecule has 0 fully saturated rings. The maximum absolute atomic E-state index is 14.0. The number of carbonyl (C=O) groups is 4. The van der Waals surface area contributed by atoms with Crippen molar-refractivity contribution in [1.29, 1.82) is 0 Å². The fraction of sp³-hybridized carbons (Fsp3) is 0.630. The number of benzene rings is 1. The molecule has 3 N–H and O–H groups in total. The molecule has 0 aromatic heterocycles. The monoisotopic (exact) mass is 553 g/mol. The number of nitrogens with zero attached hydrogens (tertiary/aromatic N) is 1. The maximum atomic E-state index is 14.0. The lowest BCUT2D eigenvalue weighted by atomic mass is 9.91. The molecule has 0 aliphatic rings. The van der Waals surface area contributed by atoms with Gasteiger partial charge in [0.25, 0.3) is 0 Å². The number of phenolic OH excluding ortho intramolecular Hbond substituents is 1. The summed E-state index contributed by atoms with van der Waals surface area (Å²) in [6, 6.07) is 2.54. The number of phenols is 1. The summed E-state index contributed by atoms with van der Waals surface area (Å²) in [4.78, 5) is 53.4. The zero-order chi connectivity index (χ0) is 29.3. The number of hydrogen-bond donors (Lipinski definition) is 4. The summed E-state index contributed by atoms with van der Waals surface area (Å²) in [7, 11) is 0. The molecule has 11 heteroatoms. The van der Waals surface area contributed by atoms with E-state index in [-0.39, 0.29) is 36.6 Å². The number of amides is 3. The fourth-order valence-corrected chi connectivity index (χ4v) is 3.91. The average molecular weight is 554 g/mol. The Morgan fingerprint density at radius 2 is 1.74 bits per heavy atom. The normalized spacial score (nSPS) is 13.2. The first-order valence-corrected chi connectivity index (χ1v) is 13.4. The number of aromatic hydroxyl groups is 1. The average Bonchev–Trinajstić information content (AvgIpc) is 2.81. The summed E-state index contributed by atoms with van der Waals surface area (Å²) in [5.41, 5.74) is -0.951. The van der Waals surface area contributed by atoms with Gasteiger partial charge in [-0.25, -0.2) is 4.79 Å². The van der Waals surface area contributed by atoms with Crippen molar-refractivity contribution in [1.82, 2.24) is 15.5 Å². The summed E-state index contributed by atoms with van der Waals surface area (Å²) in [5, 5.41) is 16.2. The van der Waals surface area contributed by atoms with Crippen LogP contribution in [0.5, 0.6) is 5.75 Å². The van der Waals surface area contributed by atoms with E-state index in [9.17, 15) is 24.3 Å². The van der Waals surface area contributed by atoms with Crippen molar-refractivity contribution in [2.75, 3.05) is 18.9 Å². The van der Waals surface area contributed by atoms with Crippen LogP contribution in [0.3, 0.4) is 0 Å². The van der Waals surface area contributed by atoms with Gasteiger partial charge in [-0.3, -0.25) is 14.4 Å². The number of hydrogen-bond acceptors (Lipinski definition) is 8. The summed E-state index contributed by atoms with van der Waals surface area (Å²) < 4.78 is 10.2. The van der Waals surface area contributed by atoms with E-state index in [1.807, 2.05) is 6.92 Å². The Kier molecular flexibility index (Phi) is 12.4. The highest BCUT2D eigenvalue weighted by Crippen LogP contribution is 2.37. The summed E-state index contributed by atoms with van der Waals surface area (Å²) in [5.74, 6) is -1.85. The zero-order valence-corrected chi connectivity index (χ0v) is 24.6. The van der Waals surface area contributed by atoms with Gasteiger partial charge in [0.05, 0.1) is 13.0 Å². The van der Waals surface area contributed by atoms with Gasteiger partial charge in [-0.05, 0) is 60.5 Å². The molecule has 2 unspecified atom stereocenters. The lowest BCUT2D eigenvalue weighted by Crippen LogP contribution is -2.60. The number of esters is 1. The van der Waals surface area contributed by atoms with E-state index < -0.39 is 47.1 Å². The Bertz CT molecular complexity index is 991. The second-order valence-corrected chi connectivity index (χ2v) is 10.9. The second-order valence-electron chi connectivity index (χ2n) is 10.5. The largest absolute Gasteiger partial charge is 0.507 e. The Morgan fingerprint density at radius 3 is 2.26 bits per heavy atom. The van der Waals surface area contributed by atoms with E-state index >= 15 is 0 Å². The van der Waals surface area contributed by atoms with Crippen LogP contribution in [0.2, 0.25) is 0 Å².